The van der Waals surface area contributed by atoms with Gasteiger partial charge in [0.2, 0.25) is 0 Å². The lowest BCUT2D eigenvalue weighted by molar-refractivity contribution is 0.962. The number of nitrogens with two attached hydrogens (primary N) is 1. The van der Waals surface area contributed by atoms with E-state index in [1.165, 1.54) is 44.5 Å². The van der Waals surface area contributed by atoms with E-state index in [9.17, 15) is 0 Å². The molecule has 1 aliphatic carbocycles. The maximum absolute atomic E-state index is 6.82. The molecule has 0 fully saturated rings. The zero-order chi connectivity index (χ0) is 18.9. The number of rotatable bonds is 4. The molecule has 4 aromatic carbocycles. The van der Waals surface area contributed by atoms with Crippen LogP contribution >= 0.6 is 0 Å². The Kier molecular flexibility index (Phi) is 4.21. The number of fused-ring (bicyclic) bond motifs is 3. The molecule has 4 aromatic rings. The smallest absolute Gasteiger partial charge is 0.0395 e. The Balaban J connectivity index is 1.64. The monoisotopic (exact) mass is 361 g/mol. The third-order valence-electron chi connectivity index (χ3n) is 5.86. The minimum absolute atomic E-state index is 0.935. The van der Waals surface area contributed by atoms with Gasteiger partial charge < -0.3 is 5.73 Å². The zero-order valence-electron chi connectivity index (χ0n) is 15.9. The van der Waals surface area contributed by atoms with E-state index in [0.717, 1.165) is 24.9 Å². The highest BCUT2D eigenvalue weighted by molar-refractivity contribution is 5.89. The summed E-state index contributed by atoms with van der Waals surface area (Å²) >= 11 is 0. The largest absolute Gasteiger partial charge is 0.398 e. The molecule has 0 aliphatic heterocycles. The summed E-state index contributed by atoms with van der Waals surface area (Å²) < 4.78 is 0. The minimum Gasteiger partial charge on any atom is -0.398 e. The molecule has 1 heteroatoms. The van der Waals surface area contributed by atoms with Gasteiger partial charge in [-0.2, -0.15) is 0 Å². The van der Waals surface area contributed by atoms with Gasteiger partial charge >= 0.3 is 0 Å². The molecule has 0 saturated heterocycles. The number of nitrogen functional groups attached to an aromatic ring is 1. The molecule has 0 radical (unpaired) electrons. The van der Waals surface area contributed by atoms with E-state index < -0.39 is 0 Å². The fraction of sp³-hybridized carbons (Fsp3) is 0.111. The second-order valence-corrected chi connectivity index (χ2v) is 7.53. The summed E-state index contributed by atoms with van der Waals surface area (Å²) in [6.45, 7) is 0. The van der Waals surface area contributed by atoms with Crippen molar-refractivity contribution in [2.75, 3.05) is 5.73 Å². The predicted molar refractivity (Wildman–Crippen MR) is 118 cm³/mol. The summed E-state index contributed by atoms with van der Waals surface area (Å²) in [5.41, 5.74) is 18.2. The van der Waals surface area contributed by atoms with Gasteiger partial charge in [0.05, 0.1) is 0 Å². The predicted octanol–water partition coefficient (Wildman–Crippen LogP) is 6.29. The van der Waals surface area contributed by atoms with Crippen molar-refractivity contribution in [1.82, 2.24) is 0 Å². The number of aryl methyl sites for hydroxylation is 1. The molecule has 1 aliphatic rings. The van der Waals surface area contributed by atoms with Crippen molar-refractivity contribution in [3.63, 3.8) is 0 Å². The minimum atomic E-state index is 0.935. The molecule has 0 bridgehead atoms. The van der Waals surface area contributed by atoms with Crippen LogP contribution in [-0.4, -0.2) is 0 Å². The number of benzene rings is 4. The van der Waals surface area contributed by atoms with Crippen LogP contribution in [0.5, 0.6) is 0 Å². The highest BCUT2D eigenvalue weighted by Gasteiger charge is 2.24. The average molecular weight is 361 g/mol. The van der Waals surface area contributed by atoms with Gasteiger partial charge in [-0.05, 0) is 63.4 Å². The Bertz CT molecular complexity index is 1130. The van der Waals surface area contributed by atoms with Crippen LogP contribution in [0.2, 0.25) is 0 Å². The third kappa shape index (κ3) is 2.90. The topological polar surface area (TPSA) is 26.0 Å². The second kappa shape index (κ2) is 7.01. The molecule has 0 atom stereocenters. The van der Waals surface area contributed by atoms with Crippen molar-refractivity contribution in [3.8, 4) is 22.3 Å². The lowest BCUT2D eigenvalue weighted by atomic mass is 9.89. The summed E-state index contributed by atoms with van der Waals surface area (Å²) in [6, 6.07) is 32.4. The zero-order valence-corrected chi connectivity index (χ0v) is 15.9. The lowest BCUT2D eigenvalue weighted by Gasteiger charge is -2.17. The van der Waals surface area contributed by atoms with Gasteiger partial charge in [0, 0.05) is 12.1 Å². The van der Waals surface area contributed by atoms with Crippen molar-refractivity contribution >= 4 is 5.69 Å². The summed E-state index contributed by atoms with van der Waals surface area (Å²) in [7, 11) is 0. The van der Waals surface area contributed by atoms with E-state index in [0.29, 0.717) is 0 Å². The van der Waals surface area contributed by atoms with Crippen LogP contribution in [-0.2, 0) is 19.3 Å². The van der Waals surface area contributed by atoms with Crippen LogP contribution < -0.4 is 5.73 Å². The van der Waals surface area contributed by atoms with Gasteiger partial charge in [0.15, 0.2) is 0 Å². The van der Waals surface area contributed by atoms with Gasteiger partial charge in [0.25, 0.3) is 0 Å². The Morgan fingerprint density at radius 3 is 2.11 bits per heavy atom. The average Bonchev–Trinajstić information content (AvgIpc) is 3.13. The first kappa shape index (κ1) is 16.8. The van der Waals surface area contributed by atoms with Crippen molar-refractivity contribution in [2.45, 2.75) is 19.3 Å². The van der Waals surface area contributed by atoms with Crippen molar-refractivity contribution in [1.29, 1.82) is 0 Å². The highest BCUT2D eigenvalue weighted by atomic mass is 14.6. The normalized spacial score (nSPS) is 11.9. The Morgan fingerprint density at radius 1 is 0.643 bits per heavy atom. The summed E-state index contributed by atoms with van der Waals surface area (Å²) in [5.74, 6) is 0. The van der Waals surface area contributed by atoms with E-state index in [1.54, 1.807) is 0 Å². The Morgan fingerprint density at radius 2 is 1.32 bits per heavy atom. The van der Waals surface area contributed by atoms with Gasteiger partial charge in [-0.3, -0.25) is 0 Å². The number of hydrogen-bond donors (Lipinski definition) is 1. The summed E-state index contributed by atoms with van der Waals surface area (Å²) in [6.07, 6.45) is 2.88. The maximum atomic E-state index is 6.82. The third-order valence-corrected chi connectivity index (χ3v) is 5.86. The van der Waals surface area contributed by atoms with Crippen molar-refractivity contribution < 1.29 is 0 Å². The fourth-order valence-electron chi connectivity index (χ4n) is 4.41. The fourth-order valence-corrected chi connectivity index (χ4v) is 4.41. The van der Waals surface area contributed by atoms with Crippen molar-refractivity contribution in [2.24, 2.45) is 0 Å². The molecule has 0 aromatic heterocycles. The first-order chi connectivity index (χ1) is 13.8. The lowest BCUT2D eigenvalue weighted by Crippen LogP contribution is -2.04. The van der Waals surface area contributed by atoms with Crippen LogP contribution in [0.4, 0.5) is 5.69 Å². The van der Waals surface area contributed by atoms with E-state index in [-0.39, 0.29) is 0 Å². The molecular weight excluding hydrogens is 338 g/mol. The first-order valence-corrected chi connectivity index (χ1v) is 9.93. The van der Waals surface area contributed by atoms with Crippen LogP contribution in [0.1, 0.15) is 22.3 Å². The maximum Gasteiger partial charge on any atom is 0.0395 e. The quantitative estimate of drug-likeness (QED) is 0.374. The van der Waals surface area contributed by atoms with Gasteiger partial charge in [0.1, 0.15) is 0 Å². The van der Waals surface area contributed by atoms with E-state index in [2.05, 4.69) is 91.0 Å². The molecule has 1 nitrogen and oxygen atoms in total. The molecule has 0 unspecified atom stereocenters. The molecule has 0 saturated carbocycles. The molecule has 0 heterocycles. The Hall–Kier alpha value is -3.32. The van der Waals surface area contributed by atoms with E-state index >= 15 is 0 Å². The van der Waals surface area contributed by atoms with Gasteiger partial charge in [-0.15, -0.1) is 0 Å². The second-order valence-electron chi connectivity index (χ2n) is 7.53. The molecule has 0 spiro atoms. The molecule has 5 rings (SSSR count). The Labute approximate surface area is 166 Å². The van der Waals surface area contributed by atoms with E-state index in [4.69, 9.17) is 5.73 Å². The summed E-state index contributed by atoms with van der Waals surface area (Å²) in [5, 5.41) is 0. The SMILES string of the molecule is Nc1c(CCc2ccccc2)c(-c2ccccc2)cc2c1Cc1ccccc1-2. The van der Waals surface area contributed by atoms with Crippen molar-refractivity contribution in [3.05, 3.63) is 113 Å². The first-order valence-electron chi connectivity index (χ1n) is 9.93. The molecule has 0 amide bonds. The molecular formula is C27H23N. The molecule has 136 valence electrons. The van der Waals surface area contributed by atoms with Crippen LogP contribution in [0, 0.1) is 0 Å². The highest BCUT2D eigenvalue weighted by Crippen LogP contribution is 2.44. The van der Waals surface area contributed by atoms with Crippen LogP contribution in [0.3, 0.4) is 0 Å². The van der Waals surface area contributed by atoms with Gasteiger partial charge in [-0.25, -0.2) is 0 Å². The van der Waals surface area contributed by atoms with Crippen LogP contribution in [0.25, 0.3) is 22.3 Å². The summed E-state index contributed by atoms with van der Waals surface area (Å²) in [4.78, 5) is 0. The molecule has 2 N–H and O–H groups in total. The number of hydrogen-bond acceptors (Lipinski definition) is 1. The van der Waals surface area contributed by atoms with Gasteiger partial charge in [-0.1, -0.05) is 84.9 Å². The number of anilines is 1. The van der Waals surface area contributed by atoms with E-state index in [1.807, 2.05) is 0 Å². The standard InChI is InChI=1S/C27H23N/c28-27-23(16-15-19-9-3-1-4-10-19)24(20-11-5-2-6-12-20)18-25-22-14-8-7-13-21(22)17-26(25)27/h1-14,18H,15-17,28H2. The van der Waals surface area contributed by atoms with Crippen LogP contribution in [0.15, 0.2) is 91.0 Å². The molecule has 28 heavy (non-hydrogen) atoms.